The van der Waals surface area contributed by atoms with Gasteiger partial charge in [-0.3, -0.25) is 9.80 Å². The minimum absolute atomic E-state index is 0.168. The maximum Gasteiger partial charge on any atom is 0.166 e. The third kappa shape index (κ3) is 3.62. The van der Waals surface area contributed by atoms with E-state index in [9.17, 15) is 14.3 Å². The lowest BCUT2D eigenvalue weighted by Crippen LogP contribution is -2.26. The Morgan fingerprint density at radius 2 is 1.96 bits per heavy atom. The molecule has 0 aliphatic carbocycles. The van der Waals surface area contributed by atoms with E-state index in [2.05, 4.69) is 4.90 Å². The van der Waals surface area contributed by atoms with E-state index in [1.165, 1.54) is 30.1 Å². The van der Waals surface area contributed by atoms with Gasteiger partial charge in [0.1, 0.15) is 0 Å². The number of aromatic hydroxyl groups is 1. The van der Waals surface area contributed by atoms with E-state index in [0.29, 0.717) is 6.29 Å². The number of hydrogen-bond donors (Lipinski definition) is 3. The van der Waals surface area contributed by atoms with Crippen LogP contribution in [0.4, 0.5) is 15.8 Å². The van der Waals surface area contributed by atoms with Crippen molar-refractivity contribution < 1.29 is 14.3 Å². The molecule has 0 atom stereocenters. The van der Waals surface area contributed by atoms with E-state index in [1.54, 1.807) is 0 Å². The van der Waals surface area contributed by atoms with Gasteiger partial charge in [0.2, 0.25) is 0 Å². The lowest BCUT2D eigenvalue weighted by Gasteiger charge is -2.21. The molecule has 0 saturated carbocycles. The largest absolute Gasteiger partial charge is 0.504 e. The van der Waals surface area contributed by atoms with Gasteiger partial charge in [-0.15, -0.1) is 0 Å². The summed E-state index contributed by atoms with van der Waals surface area (Å²) in [6.07, 6.45) is 4.17. The van der Waals surface area contributed by atoms with Crippen LogP contribution in [0.3, 0.4) is 0 Å². The highest BCUT2D eigenvalue weighted by Gasteiger charge is 2.14. The summed E-state index contributed by atoms with van der Waals surface area (Å²) in [7, 11) is 0. The molecule has 26 heavy (non-hydrogen) atoms. The topological polar surface area (TPSA) is 95.8 Å². The molecule has 1 aliphatic rings. The number of phenolic OH excluding ortho intramolecular Hbond substituents is 1. The number of nitrogens with two attached hydrogens (primary N) is 2. The number of hydrogen-bond acceptors (Lipinski definition) is 6. The first-order valence-electron chi connectivity index (χ1n) is 8.34. The molecule has 0 radical (unpaired) electrons. The SMILES string of the molecule is N/C(=C\N(N)c1cccc(N2CCCC2)c1)c1cc(F)c(O)c(C=O)c1. The molecule has 2 aromatic carbocycles. The van der Waals surface area contributed by atoms with Crippen LogP contribution < -0.4 is 21.5 Å². The fraction of sp³-hybridized carbons (Fsp3) is 0.211. The van der Waals surface area contributed by atoms with Crippen molar-refractivity contribution in [3.8, 4) is 5.75 Å². The first-order valence-corrected chi connectivity index (χ1v) is 8.34. The lowest BCUT2D eigenvalue weighted by molar-refractivity contribution is 0.112. The number of carbonyl (C=O) groups is 1. The molecule has 0 spiro atoms. The van der Waals surface area contributed by atoms with Crippen molar-refractivity contribution in [2.24, 2.45) is 11.6 Å². The van der Waals surface area contributed by atoms with E-state index in [4.69, 9.17) is 11.6 Å². The summed E-state index contributed by atoms with van der Waals surface area (Å²) in [6, 6.07) is 10.1. The zero-order valence-corrected chi connectivity index (χ0v) is 14.2. The summed E-state index contributed by atoms with van der Waals surface area (Å²) >= 11 is 0. The molecule has 0 bridgehead atoms. The minimum atomic E-state index is -0.916. The van der Waals surface area contributed by atoms with Crippen molar-refractivity contribution in [1.82, 2.24) is 0 Å². The number of rotatable bonds is 5. The smallest absolute Gasteiger partial charge is 0.166 e. The van der Waals surface area contributed by atoms with Gasteiger partial charge in [-0.25, -0.2) is 10.2 Å². The van der Waals surface area contributed by atoms with Crippen LogP contribution in [-0.4, -0.2) is 24.5 Å². The molecule has 2 aromatic rings. The highest BCUT2D eigenvalue weighted by molar-refractivity contribution is 5.82. The average molecular weight is 356 g/mol. The predicted octanol–water partition coefficient (Wildman–Crippen LogP) is 2.58. The number of hydrazine groups is 1. The van der Waals surface area contributed by atoms with Gasteiger partial charge in [-0.05, 0) is 43.2 Å². The summed E-state index contributed by atoms with van der Waals surface area (Å²) in [5, 5.41) is 10.8. The maximum absolute atomic E-state index is 13.7. The van der Waals surface area contributed by atoms with Crippen molar-refractivity contribution in [2.45, 2.75) is 12.8 Å². The summed E-state index contributed by atoms with van der Waals surface area (Å²) in [5.74, 6) is 4.47. The van der Waals surface area contributed by atoms with Crippen LogP contribution in [0.5, 0.6) is 5.75 Å². The molecule has 1 heterocycles. The van der Waals surface area contributed by atoms with Gasteiger partial charge < -0.3 is 15.7 Å². The Balaban J connectivity index is 1.86. The van der Waals surface area contributed by atoms with Crippen molar-refractivity contribution >= 4 is 23.4 Å². The Morgan fingerprint density at radius 3 is 2.65 bits per heavy atom. The maximum atomic E-state index is 13.7. The monoisotopic (exact) mass is 356 g/mol. The summed E-state index contributed by atoms with van der Waals surface area (Å²) in [5.41, 5.74) is 8.07. The fourth-order valence-corrected chi connectivity index (χ4v) is 3.00. The van der Waals surface area contributed by atoms with Crippen molar-refractivity contribution in [2.75, 3.05) is 23.0 Å². The normalized spacial score (nSPS) is 14.5. The van der Waals surface area contributed by atoms with Crippen LogP contribution >= 0.6 is 0 Å². The molecular formula is C19H21FN4O2. The van der Waals surface area contributed by atoms with Gasteiger partial charge >= 0.3 is 0 Å². The Morgan fingerprint density at radius 1 is 1.23 bits per heavy atom. The molecule has 0 unspecified atom stereocenters. The Hall–Kier alpha value is -3.06. The second kappa shape index (κ2) is 7.45. The number of benzene rings is 2. The van der Waals surface area contributed by atoms with Crippen LogP contribution in [0.1, 0.15) is 28.8 Å². The van der Waals surface area contributed by atoms with Gasteiger partial charge in [-0.2, -0.15) is 0 Å². The molecule has 5 N–H and O–H groups in total. The number of carbonyl (C=O) groups excluding carboxylic acids is 1. The van der Waals surface area contributed by atoms with Gasteiger partial charge in [0.25, 0.3) is 0 Å². The van der Waals surface area contributed by atoms with Crippen LogP contribution in [0.15, 0.2) is 42.6 Å². The predicted molar refractivity (Wildman–Crippen MR) is 100 cm³/mol. The molecule has 6 nitrogen and oxygen atoms in total. The molecule has 1 saturated heterocycles. The molecule has 1 aliphatic heterocycles. The molecule has 136 valence electrons. The van der Waals surface area contributed by atoms with Gasteiger partial charge in [-0.1, -0.05) is 6.07 Å². The highest BCUT2D eigenvalue weighted by Crippen LogP contribution is 2.27. The van der Waals surface area contributed by atoms with Crippen LogP contribution in [0, 0.1) is 5.82 Å². The standard InChI is InChI=1S/C19H21FN4O2/c20-17-9-13(8-14(12-25)19(17)26)18(21)11-24(22)16-5-3-4-15(10-16)23-6-1-2-7-23/h3-5,8-12,26H,1-2,6-7,21-22H2/b18-11-. The average Bonchev–Trinajstić information content (AvgIpc) is 3.18. The molecule has 0 aromatic heterocycles. The zero-order chi connectivity index (χ0) is 18.7. The van der Waals surface area contributed by atoms with Crippen LogP contribution in [-0.2, 0) is 0 Å². The molecule has 3 rings (SSSR count). The van der Waals surface area contributed by atoms with E-state index in [1.807, 2.05) is 24.3 Å². The molecule has 7 heteroatoms. The van der Waals surface area contributed by atoms with E-state index in [0.717, 1.165) is 30.5 Å². The number of halogens is 1. The van der Waals surface area contributed by atoms with Gasteiger partial charge in [0, 0.05) is 30.5 Å². The molecular weight excluding hydrogens is 335 g/mol. The molecule has 1 fully saturated rings. The highest BCUT2D eigenvalue weighted by atomic mass is 19.1. The lowest BCUT2D eigenvalue weighted by atomic mass is 10.1. The third-order valence-corrected chi connectivity index (χ3v) is 4.43. The number of aldehydes is 1. The number of nitrogens with zero attached hydrogens (tertiary/aromatic N) is 2. The van der Waals surface area contributed by atoms with E-state index in [-0.39, 0.29) is 16.8 Å². The quantitative estimate of drug-likeness (QED) is 0.433. The Kier molecular flexibility index (Phi) is 5.09. The van der Waals surface area contributed by atoms with Gasteiger partial charge in [0.15, 0.2) is 17.9 Å². The van der Waals surface area contributed by atoms with Gasteiger partial charge in [0.05, 0.1) is 16.9 Å². The van der Waals surface area contributed by atoms with Crippen LogP contribution in [0.25, 0.3) is 5.70 Å². The Bertz CT molecular complexity index is 847. The fourth-order valence-electron chi connectivity index (χ4n) is 3.00. The summed E-state index contributed by atoms with van der Waals surface area (Å²) < 4.78 is 13.7. The van der Waals surface area contributed by atoms with E-state index < -0.39 is 11.6 Å². The Labute approximate surface area is 151 Å². The second-order valence-electron chi connectivity index (χ2n) is 6.22. The van der Waals surface area contributed by atoms with Crippen molar-refractivity contribution in [1.29, 1.82) is 0 Å². The minimum Gasteiger partial charge on any atom is -0.504 e. The second-order valence-corrected chi connectivity index (χ2v) is 6.22. The summed E-state index contributed by atoms with van der Waals surface area (Å²) in [4.78, 5) is 13.2. The first kappa shape index (κ1) is 17.8. The van der Waals surface area contributed by atoms with Crippen molar-refractivity contribution in [3.05, 3.63) is 59.5 Å². The summed E-state index contributed by atoms with van der Waals surface area (Å²) in [6.45, 7) is 2.04. The first-order chi connectivity index (χ1) is 12.5. The number of anilines is 2. The molecule has 0 amide bonds. The van der Waals surface area contributed by atoms with E-state index >= 15 is 0 Å². The van der Waals surface area contributed by atoms with Crippen LogP contribution in [0.2, 0.25) is 0 Å². The van der Waals surface area contributed by atoms with Crippen molar-refractivity contribution in [3.63, 3.8) is 0 Å². The zero-order valence-electron chi connectivity index (χ0n) is 14.2. The third-order valence-electron chi connectivity index (χ3n) is 4.43. The number of phenols is 1.